The summed E-state index contributed by atoms with van der Waals surface area (Å²) in [5.41, 5.74) is 6.83. The van der Waals surface area contributed by atoms with E-state index in [0.29, 0.717) is 17.0 Å². The van der Waals surface area contributed by atoms with Gasteiger partial charge in [0.15, 0.2) is 0 Å². The molecule has 1 aromatic carbocycles. The summed E-state index contributed by atoms with van der Waals surface area (Å²) < 4.78 is 42.7. The summed E-state index contributed by atoms with van der Waals surface area (Å²) >= 11 is 0. The Hall–Kier alpha value is -1.43. The third-order valence-corrected chi connectivity index (χ3v) is 2.80. The molecule has 0 unspecified atom stereocenters. The molecule has 0 aliphatic carbocycles. The summed E-state index contributed by atoms with van der Waals surface area (Å²) in [6.07, 6.45) is -4.22. The van der Waals surface area contributed by atoms with Crippen LogP contribution in [0.2, 0.25) is 0 Å². The summed E-state index contributed by atoms with van der Waals surface area (Å²) in [7, 11) is 1.47. The van der Waals surface area contributed by atoms with Crippen molar-refractivity contribution in [1.29, 1.82) is 0 Å². The predicted molar refractivity (Wildman–Crippen MR) is 69.0 cm³/mol. The normalized spacial score (nSPS) is 12.2. The molecule has 0 saturated carbocycles. The molecule has 0 aromatic heterocycles. The van der Waals surface area contributed by atoms with Gasteiger partial charge < -0.3 is 10.5 Å². The molecule has 0 fully saturated rings. The molecule has 0 spiro atoms. The highest BCUT2D eigenvalue weighted by molar-refractivity contribution is 5.48. The minimum absolute atomic E-state index is 0.167. The van der Waals surface area contributed by atoms with Crippen LogP contribution in [0.15, 0.2) is 18.2 Å². The number of nitrogen functional groups attached to an aromatic ring is 1. The second-order valence-electron chi connectivity index (χ2n) is 4.69. The van der Waals surface area contributed by atoms with Crippen molar-refractivity contribution >= 4 is 5.69 Å². The number of hydrogen-bond donors (Lipinski definition) is 1. The Balaban J connectivity index is 2.90. The van der Waals surface area contributed by atoms with Crippen LogP contribution in [0, 0.1) is 0 Å². The van der Waals surface area contributed by atoms with Gasteiger partial charge in [0.05, 0.1) is 13.7 Å². The van der Waals surface area contributed by atoms with Gasteiger partial charge in [-0.1, -0.05) is 6.07 Å². The number of rotatable bonds is 5. The van der Waals surface area contributed by atoms with Crippen molar-refractivity contribution in [2.75, 3.05) is 19.4 Å². The van der Waals surface area contributed by atoms with Gasteiger partial charge >= 0.3 is 6.18 Å². The van der Waals surface area contributed by atoms with Gasteiger partial charge in [-0.2, -0.15) is 13.2 Å². The molecule has 0 bridgehead atoms. The first-order chi connectivity index (χ1) is 8.73. The second kappa shape index (κ2) is 6.14. The number of ether oxygens (including phenoxy) is 1. The molecular weight excluding hydrogens is 257 g/mol. The molecule has 1 aromatic rings. The van der Waals surface area contributed by atoms with E-state index in [2.05, 4.69) is 0 Å². The van der Waals surface area contributed by atoms with Crippen LogP contribution in [0.25, 0.3) is 0 Å². The van der Waals surface area contributed by atoms with Crippen LogP contribution in [0.4, 0.5) is 18.9 Å². The number of nitrogens with two attached hydrogens (primary N) is 1. The summed E-state index contributed by atoms with van der Waals surface area (Å²) in [4.78, 5) is 1.34. The zero-order valence-electron chi connectivity index (χ0n) is 11.3. The van der Waals surface area contributed by atoms with Gasteiger partial charge in [0, 0.05) is 29.9 Å². The summed E-state index contributed by atoms with van der Waals surface area (Å²) in [6, 6.07) is 4.74. The van der Waals surface area contributed by atoms with Crippen LogP contribution in [-0.2, 0) is 6.54 Å². The Kier molecular flexibility index (Phi) is 5.05. The number of alkyl halides is 3. The second-order valence-corrected chi connectivity index (χ2v) is 4.69. The number of nitrogens with zero attached hydrogens (tertiary/aromatic N) is 1. The fourth-order valence-corrected chi connectivity index (χ4v) is 1.76. The molecular formula is C13H19F3N2O. The van der Waals surface area contributed by atoms with Crippen LogP contribution in [-0.4, -0.2) is 30.8 Å². The van der Waals surface area contributed by atoms with Crippen molar-refractivity contribution in [2.24, 2.45) is 0 Å². The maximum atomic E-state index is 12.5. The molecule has 0 heterocycles. The fraction of sp³-hybridized carbons (Fsp3) is 0.538. The smallest absolute Gasteiger partial charge is 0.401 e. The first-order valence-electron chi connectivity index (χ1n) is 5.96. The average Bonchev–Trinajstić information content (AvgIpc) is 2.28. The standard InChI is InChI=1S/C13H19F3N2O/c1-9(2)18(8-13(14,15)16)7-10-4-5-11(17)6-12(10)19-3/h4-6,9H,7-8,17H2,1-3H3. The van der Waals surface area contributed by atoms with Crippen LogP contribution < -0.4 is 10.5 Å². The zero-order chi connectivity index (χ0) is 14.6. The number of hydrogen-bond acceptors (Lipinski definition) is 3. The van der Waals surface area contributed by atoms with Crippen LogP contribution in [0.1, 0.15) is 19.4 Å². The predicted octanol–water partition coefficient (Wildman–Crippen LogP) is 3.05. The molecule has 0 atom stereocenters. The third kappa shape index (κ3) is 4.98. The van der Waals surface area contributed by atoms with E-state index in [1.54, 1.807) is 32.0 Å². The van der Waals surface area contributed by atoms with Gasteiger partial charge in [-0.05, 0) is 19.9 Å². The van der Waals surface area contributed by atoms with Gasteiger partial charge in [-0.3, -0.25) is 4.90 Å². The van der Waals surface area contributed by atoms with Crippen molar-refractivity contribution in [1.82, 2.24) is 4.90 Å². The molecule has 0 saturated heterocycles. The van der Waals surface area contributed by atoms with Crippen molar-refractivity contribution in [3.63, 3.8) is 0 Å². The van der Waals surface area contributed by atoms with E-state index in [-0.39, 0.29) is 12.6 Å². The first-order valence-corrected chi connectivity index (χ1v) is 5.96. The first kappa shape index (κ1) is 15.6. The summed E-state index contributed by atoms with van der Waals surface area (Å²) in [5, 5.41) is 0. The maximum absolute atomic E-state index is 12.5. The molecule has 0 radical (unpaired) electrons. The number of halogens is 3. The summed E-state index contributed by atoms with van der Waals surface area (Å²) in [6.45, 7) is 2.68. The van der Waals surface area contributed by atoms with Crippen LogP contribution in [0.3, 0.4) is 0 Å². The molecule has 108 valence electrons. The zero-order valence-corrected chi connectivity index (χ0v) is 11.3. The van der Waals surface area contributed by atoms with E-state index in [9.17, 15) is 13.2 Å². The number of methoxy groups -OCH3 is 1. The van der Waals surface area contributed by atoms with Crippen LogP contribution >= 0.6 is 0 Å². The average molecular weight is 276 g/mol. The van der Waals surface area contributed by atoms with E-state index in [1.807, 2.05) is 0 Å². The fourth-order valence-electron chi connectivity index (χ4n) is 1.76. The van der Waals surface area contributed by atoms with Crippen molar-refractivity contribution in [3.05, 3.63) is 23.8 Å². The van der Waals surface area contributed by atoms with E-state index in [0.717, 1.165) is 0 Å². The minimum Gasteiger partial charge on any atom is -0.496 e. The Morgan fingerprint density at radius 1 is 1.32 bits per heavy atom. The molecule has 19 heavy (non-hydrogen) atoms. The third-order valence-electron chi connectivity index (χ3n) is 2.80. The topological polar surface area (TPSA) is 38.5 Å². The lowest BCUT2D eigenvalue weighted by Gasteiger charge is -2.28. The van der Waals surface area contributed by atoms with Crippen LogP contribution in [0.5, 0.6) is 5.75 Å². The molecule has 3 nitrogen and oxygen atoms in total. The Morgan fingerprint density at radius 2 is 1.95 bits per heavy atom. The molecule has 6 heteroatoms. The Bertz CT molecular complexity index is 419. The molecule has 0 aliphatic heterocycles. The van der Waals surface area contributed by atoms with Gasteiger partial charge in [0.1, 0.15) is 5.75 Å². The van der Waals surface area contributed by atoms with Gasteiger partial charge in [-0.15, -0.1) is 0 Å². The SMILES string of the molecule is COc1cc(N)ccc1CN(CC(F)(F)F)C(C)C. The highest BCUT2D eigenvalue weighted by atomic mass is 19.4. The molecule has 2 N–H and O–H groups in total. The quantitative estimate of drug-likeness (QED) is 0.840. The lowest BCUT2D eigenvalue weighted by molar-refractivity contribution is -0.150. The summed E-state index contributed by atoms with van der Waals surface area (Å²) in [5.74, 6) is 0.507. The maximum Gasteiger partial charge on any atom is 0.401 e. The van der Waals surface area contributed by atoms with Crippen molar-refractivity contribution in [3.8, 4) is 5.75 Å². The number of benzene rings is 1. The van der Waals surface area contributed by atoms with Gasteiger partial charge in [0.2, 0.25) is 0 Å². The lowest BCUT2D eigenvalue weighted by atomic mass is 10.1. The highest BCUT2D eigenvalue weighted by Gasteiger charge is 2.32. The number of anilines is 1. The van der Waals surface area contributed by atoms with E-state index < -0.39 is 12.7 Å². The molecule has 0 aliphatic rings. The van der Waals surface area contributed by atoms with Crippen molar-refractivity contribution in [2.45, 2.75) is 32.6 Å². The highest BCUT2D eigenvalue weighted by Crippen LogP contribution is 2.25. The van der Waals surface area contributed by atoms with E-state index >= 15 is 0 Å². The lowest BCUT2D eigenvalue weighted by Crippen LogP contribution is -2.38. The molecule has 1 rings (SSSR count). The van der Waals surface area contributed by atoms with Crippen molar-refractivity contribution < 1.29 is 17.9 Å². The van der Waals surface area contributed by atoms with Gasteiger partial charge in [0.25, 0.3) is 0 Å². The Labute approximate surface area is 111 Å². The minimum atomic E-state index is -4.22. The van der Waals surface area contributed by atoms with E-state index in [4.69, 9.17) is 10.5 Å². The Morgan fingerprint density at radius 3 is 2.42 bits per heavy atom. The largest absolute Gasteiger partial charge is 0.496 e. The monoisotopic (exact) mass is 276 g/mol. The van der Waals surface area contributed by atoms with Gasteiger partial charge in [-0.25, -0.2) is 0 Å². The molecule has 0 amide bonds. The van der Waals surface area contributed by atoms with E-state index in [1.165, 1.54) is 12.0 Å².